The van der Waals surface area contributed by atoms with Gasteiger partial charge in [0.2, 0.25) is 5.52 Å². The van der Waals surface area contributed by atoms with Gasteiger partial charge in [-0.1, -0.05) is 0 Å². The van der Waals surface area contributed by atoms with Crippen molar-refractivity contribution < 1.29 is 9.55 Å². The first-order valence-electron chi connectivity index (χ1n) is 4.86. The molecule has 8 nitrogen and oxygen atoms in total. The third-order valence-corrected chi connectivity index (χ3v) is 2.52. The van der Waals surface area contributed by atoms with Crippen LogP contribution < -0.4 is 5.73 Å². The molecule has 0 amide bonds. The third kappa shape index (κ3) is 2.04. The summed E-state index contributed by atoms with van der Waals surface area (Å²) in [7, 11) is 0. The number of nitrogens with two attached hydrogens (primary N) is 1. The maximum atomic E-state index is 10.8. The van der Waals surface area contributed by atoms with E-state index in [0.717, 1.165) is 0 Å². The van der Waals surface area contributed by atoms with Gasteiger partial charge in [-0.3, -0.25) is 10.1 Å². The molecule has 0 fully saturated rings. The van der Waals surface area contributed by atoms with Crippen molar-refractivity contribution in [2.45, 2.75) is 6.42 Å². The van der Waals surface area contributed by atoms with Gasteiger partial charge in [0.1, 0.15) is 5.52 Å². The number of nitrogens with zero attached hydrogens (tertiary/aromatic N) is 4. The summed E-state index contributed by atoms with van der Waals surface area (Å²) in [4.78, 5) is 14.0. The highest BCUT2D eigenvalue weighted by molar-refractivity contribution is 7.78. The van der Waals surface area contributed by atoms with Crippen LogP contribution in [0, 0.1) is 10.1 Å². The number of nitro benzene ring substituents is 1. The second-order valence-electron chi connectivity index (χ2n) is 3.41. The molecule has 1 aromatic carbocycles. The zero-order valence-corrected chi connectivity index (χ0v) is 9.81. The van der Waals surface area contributed by atoms with E-state index in [-0.39, 0.29) is 22.4 Å². The number of non-ortho nitro benzene ring substituents is 1. The first-order chi connectivity index (χ1) is 8.65. The molecule has 0 unspecified atom stereocenters. The molecule has 1 aromatic heterocycles. The van der Waals surface area contributed by atoms with Crippen molar-refractivity contribution in [3.63, 3.8) is 0 Å². The van der Waals surface area contributed by atoms with E-state index in [1.54, 1.807) is 0 Å². The fourth-order valence-corrected chi connectivity index (χ4v) is 1.70. The highest BCUT2D eigenvalue weighted by Crippen LogP contribution is 2.30. The summed E-state index contributed by atoms with van der Waals surface area (Å²) < 4.78 is 4.53. The van der Waals surface area contributed by atoms with Gasteiger partial charge >= 0.3 is 5.69 Å². The number of rotatable bonds is 4. The molecule has 0 spiro atoms. The Morgan fingerprint density at radius 3 is 2.94 bits per heavy atom. The maximum absolute atomic E-state index is 10.8. The van der Waals surface area contributed by atoms with E-state index in [4.69, 9.17) is 5.73 Å². The molecule has 9 heteroatoms. The number of thiocarbonyl (C=S) groups is 1. The third-order valence-electron chi connectivity index (χ3n) is 2.39. The van der Waals surface area contributed by atoms with Crippen molar-refractivity contribution in [1.82, 2.24) is 10.3 Å². The number of nitrogen functional groups attached to an aromatic ring is 1. The Balaban J connectivity index is 2.57. The van der Waals surface area contributed by atoms with Crippen molar-refractivity contribution in [3.8, 4) is 0 Å². The van der Waals surface area contributed by atoms with Crippen LogP contribution in [0.2, 0.25) is 0 Å². The molecule has 0 atom stereocenters. The van der Waals surface area contributed by atoms with Gasteiger partial charge in [0.25, 0.3) is 0 Å². The van der Waals surface area contributed by atoms with E-state index in [1.165, 1.54) is 6.07 Å². The Hall–Kier alpha value is -2.38. The van der Waals surface area contributed by atoms with Crippen LogP contribution in [0.1, 0.15) is 5.56 Å². The predicted octanol–water partition coefficient (Wildman–Crippen LogP) is 1.36. The molecule has 0 saturated heterocycles. The molecular weight excluding hydrogens is 258 g/mol. The summed E-state index contributed by atoms with van der Waals surface area (Å²) in [5.41, 5.74) is 6.75. The van der Waals surface area contributed by atoms with E-state index in [9.17, 15) is 10.1 Å². The summed E-state index contributed by atoms with van der Waals surface area (Å²) in [5.74, 6) is 0. The highest BCUT2D eigenvalue weighted by atomic mass is 32.1. The molecule has 0 aliphatic rings. The summed E-state index contributed by atoms with van der Waals surface area (Å²) >= 11 is 4.45. The number of hydrogen-bond acceptors (Lipinski definition) is 8. The van der Waals surface area contributed by atoms with E-state index < -0.39 is 4.92 Å². The average molecular weight is 265 g/mol. The number of fused-ring (bicyclic) bond motifs is 1. The van der Waals surface area contributed by atoms with Gasteiger partial charge in [0.15, 0.2) is 0 Å². The second kappa shape index (κ2) is 4.86. The van der Waals surface area contributed by atoms with Crippen LogP contribution in [0.5, 0.6) is 0 Å². The van der Waals surface area contributed by atoms with Gasteiger partial charge in [-0.2, -0.15) is 0 Å². The Kier molecular flexibility index (Phi) is 3.26. The zero-order chi connectivity index (χ0) is 13.1. The molecule has 1 heterocycles. The molecule has 0 saturated carbocycles. The van der Waals surface area contributed by atoms with E-state index >= 15 is 0 Å². The van der Waals surface area contributed by atoms with Crippen LogP contribution in [0.4, 0.5) is 11.4 Å². The summed E-state index contributed by atoms with van der Waals surface area (Å²) in [6.45, 7) is 0.369. The minimum Gasteiger partial charge on any atom is -0.398 e. The van der Waals surface area contributed by atoms with Crippen molar-refractivity contribution >= 4 is 39.8 Å². The maximum Gasteiger partial charge on any atom is 0.302 e. The largest absolute Gasteiger partial charge is 0.398 e. The smallest absolute Gasteiger partial charge is 0.302 e. The number of hydrogen-bond donors (Lipinski definition) is 1. The Labute approximate surface area is 106 Å². The lowest BCUT2D eigenvalue weighted by Crippen LogP contribution is -2.01. The molecule has 18 heavy (non-hydrogen) atoms. The van der Waals surface area contributed by atoms with Gasteiger partial charge < -0.3 is 5.73 Å². The van der Waals surface area contributed by atoms with Crippen molar-refractivity contribution in [2.75, 3.05) is 12.3 Å². The summed E-state index contributed by atoms with van der Waals surface area (Å²) in [6.07, 6.45) is 0.429. The lowest BCUT2D eigenvalue weighted by molar-refractivity contribution is -0.383. The molecule has 2 N–H and O–H groups in total. The summed E-state index contributed by atoms with van der Waals surface area (Å²) in [5, 5.41) is 20.2. The quantitative estimate of drug-likeness (QED) is 0.291. The molecule has 0 bridgehead atoms. The number of aliphatic imine (C=N–C) groups is 1. The van der Waals surface area contributed by atoms with E-state index in [1.807, 2.05) is 0 Å². The zero-order valence-electron chi connectivity index (χ0n) is 8.99. The Bertz CT molecular complexity index is 662. The first kappa shape index (κ1) is 12.1. The average Bonchev–Trinajstić information content (AvgIpc) is 2.80. The van der Waals surface area contributed by atoms with Crippen LogP contribution in [0.25, 0.3) is 11.0 Å². The molecule has 2 rings (SSSR count). The topological polar surface area (TPSA) is 120 Å². The molecular formula is C9H7N5O3S. The minimum absolute atomic E-state index is 0.0792. The fourth-order valence-electron chi connectivity index (χ4n) is 1.61. The Morgan fingerprint density at radius 1 is 1.56 bits per heavy atom. The standard InChI is InChI=1S/C9H7N5O3S/c10-6-3-7(14(15)16)9-8(12-17-13-9)5(6)1-2-11-4-18/h3H,1-2,10H2. The predicted molar refractivity (Wildman–Crippen MR) is 66.5 cm³/mol. The van der Waals surface area contributed by atoms with Gasteiger partial charge in [-0.15, -0.1) is 0 Å². The van der Waals surface area contributed by atoms with Gasteiger partial charge in [-0.25, -0.2) is 9.62 Å². The van der Waals surface area contributed by atoms with Crippen LogP contribution >= 0.6 is 12.2 Å². The Morgan fingerprint density at radius 2 is 2.28 bits per heavy atom. The number of benzene rings is 1. The van der Waals surface area contributed by atoms with Crippen molar-refractivity contribution in [3.05, 3.63) is 21.7 Å². The number of nitro groups is 1. The van der Waals surface area contributed by atoms with Crippen LogP contribution in [0.3, 0.4) is 0 Å². The SMILES string of the molecule is Nc1cc([N+](=O)[O-])c2nonc2c1CCN=C=S. The van der Waals surface area contributed by atoms with Gasteiger partial charge in [0.05, 0.1) is 16.6 Å². The first-order valence-corrected chi connectivity index (χ1v) is 5.27. The van der Waals surface area contributed by atoms with E-state index in [2.05, 4.69) is 37.3 Å². The van der Waals surface area contributed by atoms with E-state index in [0.29, 0.717) is 18.5 Å². The second-order valence-corrected chi connectivity index (χ2v) is 3.59. The summed E-state index contributed by atoms with van der Waals surface area (Å²) in [6, 6.07) is 1.24. The van der Waals surface area contributed by atoms with Crippen LogP contribution in [0.15, 0.2) is 15.7 Å². The van der Waals surface area contributed by atoms with Gasteiger partial charge in [0, 0.05) is 17.3 Å². The normalized spacial score (nSPS) is 10.2. The molecule has 0 radical (unpaired) electrons. The number of isothiocyanates is 1. The van der Waals surface area contributed by atoms with Gasteiger partial charge in [-0.05, 0) is 29.0 Å². The molecule has 0 aliphatic heterocycles. The monoisotopic (exact) mass is 265 g/mol. The van der Waals surface area contributed by atoms with Crippen molar-refractivity contribution in [1.29, 1.82) is 0 Å². The van der Waals surface area contributed by atoms with Crippen molar-refractivity contribution in [2.24, 2.45) is 4.99 Å². The van der Waals surface area contributed by atoms with Crippen LogP contribution in [-0.2, 0) is 6.42 Å². The minimum atomic E-state index is -0.582. The lowest BCUT2D eigenvalue weighted by Gasteiger charge is -2.03. The number of anilines is 1. The lowest BCUT2D eigenvalue weighted by atomic mass is 10.1. The molecule has 2 aromatic rings. The molecule has 92 valence electrons. The highest BCUT2D eigenvalue weighted by Gasteiger charge is 2.22. The van der Waals surface area contributed by atoms with Crippen LogP contribution in [-0.4, -0.2) is 26.9 Å². The number of aromatic nitrogens is 2. The molecule has 0 aliphatic carbocycles. The fraction of sp³-hybridized carbons (Fsp3) is 0.222.